The van der Waals surface area contributed by atoms with Crippen LogP contribution in [0, 0.1) is 5.82 Å². The van der Waals surface area contributed by atoms with E-state index < -0.39 is 28.3 Å². The summed E-state index contributed by atoms with van der Waals surface area (Å²) >= 11 is 2.67. The lowest BCUT2D eigenvalue weighted by Gasteiger charge is -2.24. The van der Waals surface area contributed by atoms with Crippen LogP contribution in [0.2, 0.25) is 0 Å². The molecule has 0 aliphatic rings. The van der Waals surface area contributed by atoms with Crippen LogP contribution in [-0.4, -0.2) is 37.7 Å². The Morgan fingerprint density at radius 3 is 2.41 bits per heavy atom. The third-order valence-electron chi connectivity index (χ3n) is 4.98. The molecule has 0 atom stereocenters. The highest BCUT2D eigenvalue weighted by Gasteiger charge is 2.28. The number of hydrogen-bond donors (Lipinski definition) is 1. The second-order valence-electron chi connectivity index (χ2n) is 7.59. The van der Waals surface area contributed by atoms with Gasteiger partial charge in [0.2, 0.25) is 11.0 Å². The molecule has 1 aromatic heterocycles. The number of nitrogens with one attached hydrogen (secondary N) is 1. The van der Waals surface area contributed by atoms with Gasteiger partial charge in [0, 0.05) is 5.75 Å². The zero-order valence-electron chi connectivity index (χ0n) is 19.7. The molecule has 1 N–H and O–H groups in total. The average molecular weight is 559 g/mol. The van der Waals surface area contributed by atoms with E-state index in [2.05, 4.69) is 15.5 Å². The predicted octanol–water partition coefficient (Wildman–Crippen LogP) is 5.20. The minimum atomic E-state index is -4.16. The van der Waals surface area contributed by atoms with Gasteiger partial charge in [-0.25, -0.2) is 12.8 Å². The maximum atomic E-state index is 13.5. The summed E-state index contributed by atoms with van der Waals surface area (Å²) in [6.45, 7) is 1.71. The Morgan fingerprint density at radius 1 is 1.03 bits per heavy atom. The van der Waals surface area contributed by atoms with Crippen LogP contribution in [0.15, 0.2) is 88.1 Å². The lowest BCUT2D eigenvalue weighted by molar-refractivity contribution is -0.114. The number of rotatable bonds is 11. The minimum absolute atomic E-state index is 0.0383. The Labute approximate surface area is 222 Å². The van der Waals surface area contributed by atoms with Crippen LogP contribution in [0.4, 0.5) is 15.2 Å². The SMILES string of the molecule is CCOc1ccc(S(=O)(=O)N(CC(=O)Nc2nnc(SCc3ccccc3)s2)c2ccc(F)cc2)cc1. The second-order valence-corrected chi connectivity index (χ2v) is 11.7. The molecule has 8 nitrogen and oxygen atoms in total. The molecule has 0 spiro atoms. The first-order valence-electron chi connectivity index (χ1n) is 11.2. The fourth-order valence-electron chi connectivity index (χ4n) is 3.25. The van der Waals surface area contributed by atoms with Gasteiger partial charge in [-0.1, -0.05) is 53.4 Å². The van der Waals surface area contributed by atoms with Gasteiger partial charge < -0.3 is 4.74 Å². The van der Waals surface area contributed by atoms with E-state index in [1.54, 1.807) is 0 Å². The molecule has 37 heavy (non-hydrogen) atoms. The highest BCUT2D eigenvalue weighted by atomic mass is 32.2. The molecule has 4 aromatic rings. The molecule has 192 valence electrons. The number of halogens is 1. The zero-order valence-corrected chi connectivity index (χ0v) is 22.2. The van der Waals surface area contributed by atoms with Crippen LogP contribution in [-0.2, 0) is 20.6 Å². The van der Waals surface area contributed by atoms with Gasteiger partial charge in [-0.05, 0) is 61.0 Å². The summed E-state index contributed by atoms with van der Waals surface area (Å²) in [5, 5.41) is 10.9. The van der Waals surface area contributed by atoms with Gasteiger partial charge in [0.05, 0.1) is 17.2 Å². The molecule has 1 amide bonds. The summed E-state index contributed by atoms with van der Waals surface area (Å²) in [6, 6.07) is 20.6. The Hall–Kier alpha value is -3.48. The van der Waals surface area contributed by atoms with Crippen molar-refractivity contribution in [3.63, 3.8) is 0 Å². The summed E-state index contributed by atoms with van der Waals surface area (Å²) in [4.78, 5) is 12.9. The van der Waals surface area contributed by atoms with E-state index in [0.29, 0.717) is 22.4 Å². The van der Waals surface area contributed by atoms with E-state index in [1.165, 1.54) is 59.5 Å². The molecule has 0 saturated carbocycles. The number of ether oxygens (including phenoxy) is 1. The number of amides is 1. The summed E-state index contributed by atoms with van der Waals surface area (Å²) in [6.07, 6.45) is 0. The summed E-state index contributed by atoms with van der Waals surface area (Å²) < 4.78 is 47.5. The lowest BCUT2D eigenvalue weighted by Crippen LogP contribution is -2.38. The first-order valence-corrected chi connectivity index (χ1v) is 14.4. The monoisotopic (exact) mass is 558 g/mol. The van der Waals surface area contributed by atoms with Gasteiger partial charge in [-0.15, -0.1) is 10.2 Å². The number of carbonyl (C=O) groups excluding carboxylic acids is 1. The van der Waals surface area contributed by atoms with Gasteiger partial charge in [0.1, 0.15) is 18.1 Å². The highest BCUT2D eigenvalue weighted by Crippen LogP contribution is 2.29. The van der Waals surface area contributed by atoms with Gasteiger partial charge in [0.25, 0.3) is 10.0 Å². The number of sulfonamides is 1. The van der Waals surface area contributed by atoms with Crippen molar-refractivity contribution in [1.82, 2.24) is 10.2 Å². The molecule has 0 aliphatic heterocycles. The van der Waals surface area contributed by atoms with Gasteiger partial charge >= 0.3 is 0 Å². The number of thioether (sulfide) groups is 1. The van der Waals surface area contributed by atoms with Crippen LogP contribution in [0.5, 0.6) is 5.75 Å². The molecule has 4 rings (SSSR count). The van der Waals surface area contributed by atoms with Crippen LogP contribution in [0.3, 0.4) is 0 Å². The molecule has 0 aliphatic carbocycles. The molecule has 0 saturated heterocycles. The summed E-state index contributed by atoms with van der Waals surface area (Å²) in [7, 11) is -4.16. The first-order chi connectivity index (χ1) is 17.8. The van der Waals surface area contributed by atoms with Crippen molar-refractivity contribution in [2.24, 2.45) is 0 Å². The van der Waals surface area contributed by atoms with Crippen LogP contribution in [0.25, 0.3) is 0 Å². The molecule has 12 heteroatoms. The van der Waals surface area contributed by atoms with E-state index in [-0.39, 0.29) is 15.7 Å². The first kappa shape index (κ1) is 26.6. The molecular formula is C25H23FN4O4S3. The average Bonchev–Trinajstić information content (AvgIpc) is 3.35. The molecule has 3 aromatic carbocycles. The molecule has 0 fully saturated rings. The number of benzene rings is 3. The van der Waals surface area contributed by atoms with Crippen molar-refractivity contribution < 1.29 is 22.3 Å². The Bertz CT molecular complexity index is 1430. The maximum Gasteiger partial charge on any atom is 0.264 e. The summed E-state index contributed by atoms with van der Waals surface area (Å²) in [5.74, 6) is 0.0718. The second kappa shape index (κ2) is 12.2. The standard InChI is InChI=1S/C25H23FN4O4S3/c1-2-34-21-12-14-22(15-13-21)37(32,33)30(20-10-8-19(26)9-11-20)16-23(31)27-24-28-29-25(36-24)35-17-18-6-4-3-5-7-18/h3-15H,2,16-17H2,1H3,(H,27,28,31). The molecule has 0 radical (unpaired) electrons. The fraction of sp³-hybridized carbons (Fsp3) is 0.160. The smallest absolute Gasteiger partial charge is 0.264 e. The minimum Gasteiger partial charge on any atom is -0.494 e. The zero-order chi connectivity index (χ0) is 26.3. The molecule has 0 unspecified atom stereocenters. The molecule has 0 bridgehead atoms. The number of aromatic nitrogens is 2. The number of nitrogens with zero attached hydrogens (tertiary/aromatic N) is 3. The predicted molar refractivity (Wildman–Crippen MR) is 143 cm³/mol. The van der Waals surface area contributed by atoms with Crippen LogP contribution in [0.1, 0.15) is 12.5 Å². The van der Waals surface area contributed by atoms with Crippen LogP contribution >= 0.6 is 23.1 Å². The normalized spacial score (nSPS) is 11.2. The third kappa shape index (κ3) is 7.06. The van der Waals surface area contributed by atoms with Crippen molar-refractivity contribution in [3.8, 4) is 5.75 Å². The van der Waals surface area contributed by atoms with Gasteiger partial charge in [0.15, 0.2) is 4.34 Å². The van der Waals surface area contributed by atoms with Crippen molar-refractivity contribution in [1.29, 1.82) is 0 Å². The van der Waals surface area contributed by atoms with Crippen molar-refractivity contribution in [2.75, 3.05) is 22.8 Å². The number of anilines is 2. The van der Waals surface area contributed by atoms with Crippen LogP contribution < -0.4 is 14.4 Å². The van der Waals surface area contributed by atoms with Gasteiger partial charge in [-0.3, -0.25) is 14.4 Å². The number of hydrogen-bond acceptors (Lipinski definition) is 8. The Balaban J connectivity index is 1.49. The highest BCUT2D eigenvalue weighted by molar-refractivity contribution is 8.00. The molecule has 1 heterocycles. The number of carbonyl (C=O) groups is 1. The quantitative estimate of drug-likeness (QED) is 0.199. The van der Waals surface area contributed by atoms with Crippen molar-refractivity contribution in [3.05, 3.63) is 90.2 Å². The van der Waals surface area contributed by atoms with Crippen molar-refractivity contribution >= 4 is 49.8 Å². The van der Waals surface area contributed by atoms with E-state index >= 15 is 0 Å². The summed E-state index contributed by atoms with van der Waals surface area (Å²) in [5.41, 5.74) is 1.27. The molecular weight excluding hydrogens is 535 g/mol. The maximum absolute atomic E-state index is 13.5. The largest absolute Gasteiger partial charge is 0.494 e. The van der Waals surface area contributed by atoms with E-state index in [1.807, 2.05) is 37.3 Å². The van der Waals surface area contributed by atoms with E-state index in [9.17, 15) is 17.6 Å². The Kier molecular flexibility index (Phi) is 8.74. The lowest BCUT2D eigenvalue weighted by atomic mass is 10.2. The topological polar surface area (TPSA) is 101 Å². The van der Waals surface area contributed by atoms with E-state index in [4.69, 9.17) is 4.74 Å². The third-order valence-corrected chi connectivity index (χ3v) is 8.81. The van der Waals surface area contributed by atoms with Crippen molar-refractivity contribution in [2.45, 2.75) is 21.9 Å². The van der Waals surface area contributed by atoms with E-state index in [0.717, 1.165) is 22.0 Å². The fourth-order valence-corrected chi connectivity index (χ4v) is 6.40. The van der Waals surface area contributed by atoms with Gasteiger partial charge in [-0.2, -0.15) is 0 Å². The Morgan fingerprint density at radius 2 is 1.73 bits per heavy atom.